The molecule has 5 nitrogen and oxygen atoms in total. The third-order valence-corrected chi connectivity index (χ3v) is 4.58. The summed E-state index contributed by atoms with van der Waals surface area (Å²) in [4.78, 5) is 21.5. The molecule has 0 aliphatic carbocycles. The molecule has 2 fully saturated rings. The van der Waals surface area contributed by atoms with Crippen LogP contribution in [0.15, 0.2) is 52.6 Å². The summed E-state index contributed by atoms with van der Waals surface area (Å²) < 4.78 is 0. The Morgan fingerprint density at radius 3 is 2.08 bits per heavy atom. The number of carboxylic acids is 1. The van der Waals surface area contributed by atoms with Crippen molar-refractivity contribution in [3.63, 3.8) is 0 Å². The van der Waals surface area contributed by atoms with E-state index in [1.165, 1.54) is 0 Å². The fourth-order valence-corrected chi connectivity index (χ4v) is 3.81. The van der Waals surface area contributed by atoms with Crippen molar-refractivity contribution >= 4 is 23.8 Å². The van der Waals surface area contributed by atoms with Crippen molar-refractivity contribution in [1.29, 1.82) is 0 Å². The van der Waals surface area contributed by atoms with E-state index in [0.717, 1.165) is 25.0 Å². The Bertz CT molecular complexity index is 345. The maximum atomic E-state index is 11.1. The zero-order chi connectivity index (χ0) is 19.5. The Balaban J connectivity index is -0.000000484. The number of carbonyl (C=O) groups excluding carboxylic acids is 1. The van der Waals surface area contributed by atoms with Crippen molar-refractivity contribution in [2.75, 3.05) is 5.75 Å². The van der Waals surface area contributed by atoms with Crippen LogP contribution in [0.25, 0.3) is 0 Å². The van der Waals surface area contributed by atoms with E-state index in [-0.39, 0.29) is 24.5 Å². The van der Waals surface area contributed by atoms with E-state index in [0.29, 0.717) is 5.25 Å². The molecular formula is C18H32N2O3S. The summed E-state index contributed by atoms with van der Waals surface area (Å²) in [5, 5.41) is 14.8. The van der Waals surface area contributed by atoms with Gasteiger partial charge in [0.15, 0.2) is 0 Å². The van der Waals surface area contributed by atoms with Crippen molar-refractivity contribution in [2.24, 2.45) is 0 Å². The molecule has 2 aliphatic heterocycles. The van der Waals surface area contributed by atoms with Gasteiger partial charge in [0.1, 0.15) is 0 Å². The van der Waals surface area contributed by atoms with Crippen LogP contribution in [0.5, 0.6) is 0 Å². The van der Waals surface area contributed by atoms with E-state index in [1.807, 2.05) is 11.8 Å². The normalized spacial score (nSPS) is 22.0. The second-order valence-corrected chi connectivity index (χ2v) is 5.53. The second-order valence-electron chi connectivity index (χ2n) is 4.26. The number of hydrogen-bond donors (Lipinski definition) is 3. The summed E-state index contributed by atoms with van der Waals surface area (Å²) in [7, 11) is 0. The SMILES string of the molecule is C=C.C=C.C=C.C=C.O=C(O)CCCC[C@@H]1SC[C@@H]2NC(=O)N[C@@H]21. The smallest absolute Gasteiger partial charge is 0.315 e. The number of hydrogen-bond acceptors (Lipinski definition) is 3. The molecule has 2 heterocycles. The molecule has 0 spiro atoms. The van der Waals surface area contributed by atoms with Gasteiger partial charge in [-0.05, 0) is 12.8 Å². The minimum atomic E-state index is -0.729. The molecule has 3 N–H and O–H groups in total. The summed E-state index contributed by atoms with van der Waals surface area (Å²) in [6.07, 6.45) is 2.88. The van der Waals surface area contributed by atoms with Crippen LogP contribution in [0.1, 0.15) is 25.7 Å². The largest absolute Gasteiger partial charge is 0.481 e. The van der Waals surface area contributed by atoms with Crippen LogP contribution >= 0.6 is 11.8 Å². The Morgan fingerprint density at radius 2 is 1.58 bits per heavy atom. The monoisotopic (exact) mass is 356 g/mol. The molecule has 0 aromatic rings. The molecular weight excluding hydrogens is 324 g/mol. The lowest BCUT2D eigenvalue weighted by Crippen LogP contribution is -2.36. The number of fused-ring (bicyclic) bond motifs is 1. The molecule has 2 aliphatic rings. The molecule has 3 atom stereocenters. The van der Waals surface area contributed by atoms with Gasteiger partial charge >= 0.3 is 12.0 Å². The zero-order valence-corrected chi connectivity index (χ0v) is 15.4. The third-order valence-electron chi connectivity index (χ3n) is 3.07. The fourth-order valence-electron chi connectivity index (χ4n) is 2.26. The quantitative estimate of drug-likeness (QED) is 0.395. The highest BCUT2D eigenvalue weighted by atomic mass is 32.2. The van der Waals surface area contributed by atoms with Crippen LogP contribution < -0.4 is 10.6 Å². The van der Waals surface area contributed by atoms with Crippen molar-refractivity contribution in [3.8, 4) is 0 Å². The van der Waals surface area contributed by atoms with Gasteiger partial charge in [0.2, 0.25) is 0 Å². The Kier molecular flexibility index (Phi) is 21.4. The molecule has 2 saturated heterocycles. The van der Waals surface area contributed by atoms with E-state index in [2.05, 4.69) is 63.3 Å². The standard InChI is InChI=1S/C10H16N2O3S.4C2H4/c13-8(14)4-2-1-3-7-9-6(5-16-7)11-10(15)12-9;4*1-2/h6-7,9H,1-5H2,(H,13,14)(H2,11,12,15);4*1-2H2/t6-,7-,9-;;;;/m0..../s1. The van der Waals surface area contributed by atoms with Gasteiger partial charge in [-0.1, -0.05) is 6.42 Å². The summed E-state index contributed by atoms with van der Waals surface area (Å²) in [5.74, 6) is 0.236. The van der Waals surface area contributed by atoms with Gasteiger partial charge in [-0.3, -0.25) is 4.79 Å². The highest BCUT2D eigenvalue weighted by Crippen LogP contribution is 2.33. The maximum absolute atomic E-state index is 11.1. The molecule has 0 radical (unpaired) electrons. The van der Waals surface area contributed by atoms with Gasteiger partial charge in [-0.15, -0.1) is 52.6 Å². The number of thioether (sulfide) groups is 1. The topological polar surface area (TPSA) is 78.4 Å². The number of urea groups is 1. The predicted molar refractivity (Wildman–Crippen MR) is 107 cm³/mol. The number of aliphatic carboxylic acids is 1. The number of rotatable bonds is 5. The predicted octanol–water partition coefficient (Wildman–Crippen LogP) is 4.01. The summed E-state index contributed by atoms with van der Waals surface area (Å²) >= 11 is 1.87. The minimum Gasteiger partial charge on any atom is -0.481 e. The molecule has 2 amide bonds. The molecule has 6 heteroatoms. The fraction of sp³-hybridized carbons (Fsp3) is 0.444. The lowest BCUT2D eigenvalue weighted by molar-refractivity contribution is -0.137. The Labute approximate surface area is 151 Å². The number of unbranched alkanes of at least 4 members (excludes halogenated alkanes) is 1. The number of carboxylic acid groups (broad SMARTS) is 1. The van der Waals surface area contributed by atoms with E-state index >= 15 is 0 Å². The molecule has 0 bridgehead atoms. The average Bonchev–Trinajstić information content (AvgIpc) is 3.18. The van der Waals surface area contributed by atoms with Crippen LogP contribution in [0.2, 0.25) is 0 Å². The summed E-state index contributed by atoms with van der Waals surface area (Å²) in [6.45, 7) is 24.0. The van der Waals surface area contributed by atoms with Crippen molar-refractivity contribution in [3.05, 3.63) is 52.6 Å². The van der Waals surface area contributed by atoms with Crippen LogP contribution in [-0.2, 0) is 4.79 Å². The highest BCUT2D eigenvalue weighted by molar-refractivity contribution is 8.00. The first-order valence-corrected chi connectivity index (χ1v) is 8.62. The van der Waals surface area contributed by atoms with Gasteiger partial charge in [0, 0.05) is 17.4 Å². The van der Waals surface area contributed by atoms with E-state index in [9.17, 15) is 9.59 Å². The Morgan fingerprint density at radius 1 is 1.04 bits per heavy atom. The maximum Gasteiger partial charge on any atom is 0.315 e. The zero-order valence-electron chi connectivity index (χ0n) is 14.6. The van der Waals surface area contributed by atoms with Gasteiger partial charge < -0.3 is 15.7 Å². The van der Waals surface area contributed by atoms with Crippen LogP contribution in [0.4, 0.5) is 4.79 Å². The first-order chi connectivity index (χ1) is 11.7. The van der Waals surface area contributed by atoms with E-state index in [4.69, 9.17) is 5.11 Å². The van der Waals surface area contributed by atoms with Gasteiger partial charge in [-0.25, -0.2) is 4.79 Å². The highest BCUT2D eigenvalue weighted by Gasteiger charge is 2.42. The molecule has 0 aromatic heterocycles. The van der Waals surface area contributed by atoms with Crippen LogP contribution in [0.3, 0.4) is 0 Å². The average molecular weight is 357 g/mol. The van der Waals surface area contributed by atoms with Crippen LogP contribution in [0, 0.1) is 0 Å². The molecule has 24 heavy (non-hydrogen) atoms. The van der Waals surface area contributed by atoms with E-state index in [1.54, 1.807) is 0 Å². The molecule has 0 unspecified atom stereocenters. The third kappa shape index (κ3) is 10.7. The molecule has 0 aromatic carbocycles. The lowest BCUT2D eigenvalue weighted by Gasteiger charge is -2.16. The minimum absolute atomic E-state index is 0.0640. The lowest BCUT2D eigenvalue weighted by atomic mass is 10.0. The number of carbonyl (C=O) groups is 2. The van der Waals surface area contributed by atoms with Gasteiger partial charge in [0.05, 0.1) is 12.1 Å². The number of amides is 2. The van der Waals surface area contributed by atoms with Crippen molar-refractivity contribution in [2.45, 2.75) is 43.0 Å². The van der Waals surface area contributed by atoms with Crippen molar-refractivity contribution < 1.29 is 14.7 Å². The Hall–Kier alpha value is -1.95. The number of nitrogens with one attached hydrogen (secondary N) is 2. The molecule has 138 valence electrons. The first kappa shape index (κ1) is 26.9. The van der Waals surface area contributed by atoms with Crippen molar-refractivity contribution in [1.82, 2.24) is 10.6 Å². The first-order valence-electron chi connectivity index (χ1n) is 7.57. The van der Waals surface area contributed by atoms with Crippen LogP contribution in [-0.4, -0.2) is 40.2 Å². The van der Waals surface area contributed by atoms with Gasteiger partial charge in [-0.2, -0.15) is 11.8 Å². The summed E-state index contributed by atoms with van der Waals surface area (Å²) in [6, 6.07) is 0.440. The second kappa shape index (κ2) is 19.1. The molecule has 0 saturated carbocycles. The molecule has 2 rings (SSSR count). The summed E-state index contributed by atoms with van der Waals surface area (Å²) in [5.41, 5.74) is 0. The van der Waals surface area contributed by atoms with Gasteiger partial charge in [0.25, 0.3) is 0 Å². The van der Waals surface area contributed by atoms with E-state index < -0.39 is 5.97 Å².